The maximum atomic E-state index is 12.4. The van der Waals surface area contributed by atoms with Crippen LogP contribution in [0.3, 0.4) is 0 Å². The third-order valence-electron chi connectivity index (χ3n) is 4.53. The number of hydrogen-bond donors (Lipinski definition) is 1. The number of rotatable bonds is 4. The van der Waals surface area contributed by atoms with E-state index in [9.17, 15) is 4.79 Å². The molecule has 1 unspecified atom stereocenters. The lowest BCUT2D eigenvalue weighted by atomic mass is 9.94. The van der Waals surface area contributed by atoms with Crippen molar-refractivity contribution in [3.05, 3.63) is 47.8 Å². The predicted octanol–water partition coefficient (Wildman–Crippen LogP) is 2.80. The summed E-state index contributed by atoms with van der Waals surface area (Å²) in [6, 6.07) is 10.1. The fraction of sp³-hybridized carbons (Fsp3) is 0.474. The van der Waals surface area contributed by atoms with Crippen LogP contribution < -0.4 is 5.32 Å². The van der Waals surface area contributed by atoms with Gasteiger partial charge in [-0.2, -0.15) is 5.10 Å². The molecular weight excluding hydrogens is 302 g/mol. The molecular formula is C19H25N3O2. The minimum absolute atomic E-state index is 0.0495. The minimum Gasteiger partial charge on any atom is -0.375 e. The summed E-state index contributed by atoms with van der Waals surface area (Å²) in [5.41, 5.74) is 2.81. The van der Waals surface area contributed by atoms with Crippen molar-refractivity contribution in [2.45, 2.75) is 51.7 Å². The first-order chi connectivity index (χ1) is 11.4. The number of benzene rings is 1. The molecule has 1 atom stereocenters. The van der Waals surface area contributed by atoms with Crippen LogP contribution in [0.2, 0.25) is 0 Å². The molecule has 128 valence electrons. The Bertz CT molecular complexity index is 707. The Morgan fingerprint density at radius 1 is 1.38 bits per heavy atom. The van der Waals surface area contributed by atoms with Crippen molar-refractivity contribution in [2.75, 3.05) is 6.61 Å². The van der Waals surface area contributed by atoms with Crippen molar-refractivity contribution in [1.29, 1.82) is 0 Å². The van der Waals surface area contributed by atoms with Crippen LogP contribution in [0.15, 0.2) is 36.5 Å². The highest BCUT2D eigenvalue weighted by atomic mass is 16.5. The van der Waals surface area contributed by atoms with Crippen molar-refractivity contribution in [2.24, 2.45) is 0 Å². The van der Waals surface area contributed by atoms with E-state index in [1.807, 2.05) is 41.9 Å². The summed E-state index contributed by atoms with van der Waals surface area (Å²) in [5.74, 6) is 0.0495. The molecule has 0 aliphatic carbocycles. The number of aromatic nitrogens is 2. The molecule has 1 aliphatic heterocycles. The maximum Gasteiger partial charge on any atom is 0.224 e. The van der Waals surface area contributed by atoms with E-state index in [0.29, 0.717) is 13.0 Å². The normalized spacial score (nSPS) is 19.9. The average Bonchev–Trinajstić information content (AvgIpc) is 2.88. The molecule has 0 bridgehead atoms. The number of carbonyl (C=O) groups excluding carboxylic acids is 1. The molecule has 0 spiro atoms. The second-order valence-electron chi connectivity index (χ2n) is 7.04. The standard InChI is InChI=1S/C19H25N3O2/c1-14-15(13-20-22(14)17-7-5-4-6-8-17)11-18(23)21-16-9-10-24-19(2,3)12-16/h4-8,13,16H,9-12H2,1-3H3,(H,21,23). The van der Waals surface area contributed by atoms with Gasteiger partial charge in [0.2, 0.25) is 5.91 Å². The first kappa shape index (κ1) is 16.7. The Morgan fingerprint density at radius 3 is 2.83 bits per heavy atom. The fourth-order valence-corrected chi connectivity index (χ4v) is 3.25. The van der Waals surface area contributed by atoms with Crippen LogP contribution >= 0.6 is 0 Å². The zero-order valence-electron chi connectivity index (χ0n) is 14.6. The molecule has 1 aromatic heterocycles. The molecule has 1 aromatic carbocycles. The van der Waals surface area contributed by atoms with E-state index in [1.54, 1.807) is 6.20 Å². The molecule has 0 saturated carbocycles. The zero-order chi connectivity index (χ0) is 17.2. The molecule has 1 saturated heterocycles. The van der Waals surface area contributed by atoms with Gasteiger partial charge in [-0.15, -0.1) is 0 Å². The summed E-state index contributed by atoms with van der Waals surface area (Å²) < 4.78 is 7.58. The number of para-hydroxylation sites is 1. The van der Waals surface area contributed by atoms with E-state index in [4.69, 9.17) is 4.74 Å². The number of carbonyl (C=O) groups is 1. The van der Waals surface area contributed by atoms with Gasteiger partial charge in [0.15, 0.2) is 0 Å². The Labute approximate surface area is 143 Å². The number of nitrogens with one attached hydrogen (secondary N) is 1. The molecule has 1 N–H and O–H groups in total. The van der Waals surface area contributed by atoms with Crippen LogP contribution in [0.1, 0.15) is 37.9 Å². The van der Waals surface area contributed by atoms with Crippen LogP contribution in [-0.4, -0.2) is 33.9 Å². The molecule has 0 radical (unpaired) electrons. The molecule has 1 amide bonds. The molecule has 2 heterocycles. The summed E-state index contributed by atoms with van der Waals surface area (Å²) in [6.07, 6.45) is 3.87. The molecule has 1 fully saturated rings. The molecule has 24 heavy (non-hydrogen) atoms. The van der Waals surface area contributed by atoms with Gasteiger partial charge in [0.05, 0.1) is 23.9 Å². The van der Waals surface area contributed by atoms with Gasteiger partial charge < -0.3 is 10.1 Å². The summed E-state index contributed by atoms with van der Waals surface area (Å²) in [7, 11) is 0. The number of nitrogens with zero attached hydrogens (tertiary/aromatic N) is 2. The fourth-order valence-electron chi connectivity index (χ4n) is 3.25. The summed E-state index contributed by atoms with van der Waals surface area (Å²) in [5, 5.41) is 7.57. The Hall–Kier alpha value is -2.14. The van der Waals surface area contributed by atoms with E-state index in [1.165, 1.54) is 0 Å². The summed E-state index contributed by atoms with van der Waals surface area (Å²) in [4.78, 5) is 12.4. The summed E-state index contributed by atoms with van der Waals surface area (Å²) >= 11 is 0. The topological polar surface area (TPSA) is 56.1 Å². The first-order valence-corrected chi connectivity index (χ1v) is 8.47. The maximum absolute atomic E-state index is 12.4. The highest BCUT2D eigenvalue weighted by molar-refractivity contribution is 5.79. The largest absolute Gasteiger partial charge is 0.375 e. The molecule has 2 aromatic rings. The van der Waals surface area contributed by atoms with E-state index in [2.05, 4.69) is 24.3 Å². The van der Waals surface area contributed by atoms with Gasteiger partial charge in [0, 0.05) is 23.9 Å². The number of hydrogen-bond acceptors (Lipinski definition) is 3. The van der Waals surface area contributed by atoms with Gasteiger partial charge in [0.1, 0.15) is 0 Å². The smallest absolute Gasteiger partial charge is 0.224 e. The van der Waals surface area contributed by atoms with Gasteiger partial charge in [-0.05, 0) is 45.7 Å². The monoisotopic (exact) mass is 327 g/mol. The van der Waals surface area contributed by atoms with Gasteiger partial charge >= 0.3 is 0 Å². The van der Waals surface area contributed by atoms with Crippen LogP contribution in [0, 0.1) is 6.92 Å². The van der Waals surface area contributed by atoms with Crippen LogP contribution in [0.25, 0.3) is 5.69 Å². The Balaban J connectivity index is 1.64. The second-order valence-corrected chi connectivity index (χ2v) is 7.04. The lowest BCUT2D eigenvalue weighted by Gasteiger charge is -2.35. The van der Waals surface area contributed by atoms with Crippen LogP contribution in [0.4, 0.5) is 0 Å². The lowest BCUT2D eigenvalue weighted by Crippen LogP contribution is -2.46. The van der Waals surface area contributed by atoms with Crippen molar-refractivity contribution < 1.29 is 9.53 Å². The Morgan fingerprint density at radius 2 is 2.12 bits per heavy atom. The Kier molecular flexibility index (Phi) is 4.71. The van der Waals surface area contributed by atoms with E-state index in [0.717, 1.165) is 29.8 Å². The van der Waals surface area contributed by atoms with Crippen molar-refractivity contribution in [3.8, 4) is 5.69 Å². The molecule has 5 heteroatoms. The van der Waals surface area contributed by atoms with Gasteiger partial charge in [-0.3, -0.25) is 4.79 Å². The quantitative estimate of drug-likeness (QED) is 0.939. The van der Waals surface area contributed by atoms with E-state index >= 15 is 0 Å². The van der Waals surface area contributed by atoms with Gasteiger partial charge in [-0.25, -0.2) is 4.68 Å². The van der Waals surface area contributed by atoms with Gasteiger partial charge in [-0.1, -0.05) is 18.2 Å². The minimum atomic E-state index is -0.162. The average molecular weight is 327 g/mol. The third kappa shape index (κ3) is 3.85. The SMILES string of the molecule is Cc1c(CC(=O)NC2CCOC(C)(C)C2)cnn1-c1ccccc1. The van der Waals surface area contributed by atoms with Gasteiger partial charge in [0.25, 0.3) is 0 Å². The summed E-state index contributed by atoms with van der Waals surface area (Å²) in [6.45, 7) is 6.84. The molecule has 1 aliphatic rings. The second kappa shape index (κ2) is 6.77. The third-order valence-corrected chi connectivity index (χ3v) is 4.53. The van der Waals surface area contributed by atoms with Crippen LogP contribution in [0.5, 0.6) is 0 Å². The van der Waals surface area contributed by atoms with Crippen molar-refractivity contribution in [3.63, 3.8) is 0 Å². The highest BCUT2D eigenvalue weighted by Crippen LogP contribution is 2.24. The van der Waals surface area contributed by atoms with Crippen molar-refractivity contribution in [1.82, 2.24) is 15.1 Å². The van der Waals surface area contributed by atoms with Crippen molar-refractivity contribution >= 4 is 5.91 Å². The van der Waals surface area contributed by atoms with E-state index < -0.39 is 0 Å². The lowest BCUT2D eigenvalue weighted by molar-refractivity contribution is -0.123. The van der Waals surface area contributed by atoms with Crippen LogP contribution in [-0.2, 0) is 16.0 Å². The number of ether oxygens (including phenoxy) is 1. The first-order valence-electron chi connectivity index (χ1n) is 8.47. The predicted molar refractivity (Wildman–Crippen MR) is 93.2 cm³/mol. The van der Waals surface area contributed by atoms with E-state index in [-0.39, 0.29) is 17.6 Å². The molecule has 3 rings (SSSR count). The molecule has 5 nitrogen and oxygen atoms in total. The number of amides is 1. The highest BCUT2D eigenvalue weighted by Gasteiger charge is 2.29. The zero-order valence-corrected chi connectivity index (χ0v) is 14.6.